The molecule has 2 aromatic rings. The summed E-state index contributed by atoms with van der Waals surface area (Å²) in [4.78, 5) is 17.0. The summed E-state index contributed by atoms with van der Waals surface area (Å²) in [5, 5.41) is 2.83. The molecule has 19 heavy (non-hydrogen) atoms. The maximum atomic E-state index is 11.8. The third-order valence-electron chi connectivity index (χ3n) is 2.54. The zero-order valence-corrected chi connectivity index (χ0v) is 11.9. The van der Waals surface area contributed by atoms with Crippen molar-refractivity contribution in [1.29, 1.82) is 0 Å². The highest BCUT2D eigenvalue weighted by molar-refractivity contribution is 7.16. The van der Waals surface area contributed by atoms with Gasteiger partial charge >= 0.3 is 0 Å². The molecule has 0 aliphatic carbocycles. The molecule has 0 atom stereocenters. The minimum atomic E-state index is -0.168. The molecule has 3 N–H and O–H groups in total. The molecule has 2 rings (SSSR count). The van der Waals surface area contributed by atoms with Crippen molar-refractivity contribution in [3.63, 3.8) is 0 Å². The SMILES string of the molecule is NCCn1cnc(C(=O)NCCc2ccc(Cl)s2)c1. The second-order valence-corrected chi connectivity index (χ2v) is 5.80. The van der Waals surface area contributed by atoms with Crippen LogP contribution >= 0.6 is 22.9 Å². The molecule has 0 aliphatic rings. The van der Waals surface area contributed by atoms with E-state index in [0.717, 1.165) is 15.6 Å². The molecule has 0 radical (unpaired) electrons. The predicted molar refractivity (Wildman–Crippen MR) is 76.6 cm³/mol. The number of aromatic nitrogens is 2. The second kappa shape index (κ2) is 6.70. The zero-order chi connectivity index (χ0) is 13.7. The number of carbonyl (C=O) groups is 1. The fourth-order valence-electron chi connectivity index (χ4n) is 1.62. The van der Waals surface area contributed by atoms with E-state index in [1.165, 1.54) is 11.3 Å². The van der Waals surface area contributed by atoms with Crippen molar-refractivity contribution in [2.24, 2.45) is 5.73 Å². The lowest BCUT2D eigenvalue weighted by Crippen LogP contribution is -2.25. The summed E-state index contributed by atoms with van der Waals surface area (Å²) in [6.45, 7) is 1.75. The van der Waals surface area contributed by atoms with E-state index in [1.807, 2.05) is 12.1 Å². The highest BCUT2D eigenvalue weighted by Gasteiger charge is 2.08. The molecule has 1 amide bonds. The van der Waals surface area contributed by atoms with Crippen LogP contribution in [0, 0.1) is 0 Å². The summed E-state index contributed by atoms with van der Waals surface area (Å²) in [5.74, 6) is -0.168. The van der Waals surface area contributed by atoms with E-state index in [9.17, 15) is 4.79 Å². The number of thiophene rings is 1. The Morgan fingerprint density at radius 3 is 3.05 bits per heavy atom. The normalized spacial score (nSPS) is 10.6. The van der Waals surface area contributed by atoms with Gasteiger partial charge in [-0.2, -0.15) is 0 Å². The molecule has 7 heteroatoms. The van der Waals surface area contributed by atoms with Crippen LogP contribution < -0.4 is 11.1 Å². The first kappa shape index (κ1) is 14.0. The van der Waals surface area contributed by atoms with Gasteiger partial charge in [-0.1, -0.05) is 11.6 Å². The third-order valence-corrected chi connectivity index (χ3v) is 3.83. The first-order chi connectivity index (χ1) is 9.19. The van der Waals surface area contributed by atoms with Gasteiger partial charge in [-0.05, 0) is 18.6 Å². The highest BCUT2D eigenvalue weighted by atomic mass is 35.5. The number of hydrogen-bond acceptors (Lipinski definition) is 4. The van der Waals surface area contributed by atoms with Crippen molar-refractivity contribution < 1.29 is 4.79 Å². The van der Waals surface area contributed by atoms with Crippen LogP contribution in [0.2, 0.25) is 4.34 Å². The molecule has 0 aromatic carbocycles. The fourth-order valence-corrected chi connectivity index (χ4v) is 2.71. The number of nitrogens with one attached hydrogen (secondary N) is 1. The van der Waals surface area contributed by atoms with Gasteiger partial charge in [0.1, 0.15) is 5.69 Å². The number of hydrogen-bond donors (Lipinski definition) is 2. The second-order valence-electron chi connectivity index (χ2n) is 4.00. The minimum absolute atomic E-state index is 0.168. The van der Waals surface area contributed by atoms with Gasteiger partial charge in [-0.25, -0.2) is 4.98 Å². The zero-order valence-electron chi connectivity index (χ0n) is 10.3. The maximum Gasteiger partial charge on any atom is 0.271 e. The van der Waals surface area contributed by atoms with E-state index in [1.54, 1.807) is 17.1 Å². The van der Waals surface area contributed by atoms with Gasteiger partial charge in [-0.3, -0.25) is 4.79 Å². The van der Waals surface area contributed by atoms with Crippen LogP contribution in [-0.4, -0.2) is 28.5 Å². The Balaban J connectivity index is 1.80. The number of amides is 1. The molecular weight excluding hydrogens is 284 g/mol. The molecule has 0 saturated heterocycles. The molecule has 0 saturated carbocycles. The van der Waals surface area contributed by atoms with Gasteiger partial charge in [0.2, 0.25) is 0 Å². The Kier molecular flexibility index (Phi) is 4.95. The van der Waals surface area contributed by atoms with Crippen LogP contribution in [0.1, 0.15) is 15.4 Å². The van der Waals surface area contributed by atoms with E-state index < -0.39 is 0 Å². The van der Waals surface area contributed by atoms with Crippen molar-refractivity contribution in [2.75, 3.05) is 13.1 Å². The topological polar surface area (TPSA) is 72.9 Å². The van der Waals surface area contributed by atoms with E-state index in [-0.39, 0.29) is 5.91 Å². The molecule has 0 spiro atoms. The Labute approximate surface area is 120 Å². The van der Waals surface area contributed by atoms with Crippen molar-refractivity contribution in [3.05, 3.63) is 39.6 Å². The molecule has 0 fully saturated rings. The van der Waals surface area contributed by atoms with Crippen LogP contribution in [0.15, 0.2) is 24.7 Å². The standard InChI is InChI=1S/C12H15ClN4OS/c13-11-2-1-9(19-11)3-5-15-12(18)10-7-17(6-4-14)8-16-10/h1-2,7-8H,3-6,14H2,(H,15,18). The minimum Gasteiger partial charge on any atom is -0.350 e. The Morgan fingerprint density at radius 1 is 1.53 bits per heavy atom. The molecule has 5 nitrogen and oxygen atoms in total. The first-order valence-electron chi connectivity index (χ1n) is 5.93. The molecule has 2 aromatic heterocycles. The summed E-state index contributed by atoms with van der Waals surface area (Å²) >= 11 is 7.36. The summed E-state index contributed by atoms with van der Waals surface area (Å²) in [6.07, 6.45) is 4.08. The van der Waals surface area contributed by atoms with Gasteiger partial charge < -0.3 is 15.6 Å². The number of halogens is 1. The quantitative estimate of drug-likeness (QED) is 0.849. The Hall–Kier alpha value is -1.37. The maximum absolute atomic E-state index is 11.8. The van der Waals surface area contributed by atoms with E-state index in [2.05, 4.69) is 10.3 Å². The van der Waals surface area contributed by atoms with Gasteiger partial charge in [-0.15, -0.1) is 11.3 Å². The highest BCUT2D eigenvalue weighted by Crippen LogP contribution is 2.21. The molecule has 2 heterocycles. The number of nitrogens with zero attached hydrogens (tertiary/aromatic N) is 2. The fraction of sp³-hybridized carbons (Fsp3) is 0.333. The number of imidazole rings is 1. The van der Waals surface area contributed by atoms with Crippen LogP contribution in [0.3, 0.4) is 0 Å². The van der Waals surface area contributed by atoms with Crippen LogP contribution in [0.25, 0.3) is 0 Å². The Bertz CT molecular complexity index is 551. The lowest BCUT2D eigenvalue weighted by molar-refractivity contribution is 0.0949. The van der Waals surface area contributed by atoms with E-state index >= 15 is 0 Å². The average molecular weight is 299 g/mol. The van der Waals surface area contributed by atoms with Crippen LogP contribution in [0.4, 0.5) is 0 Å². The average Bonchev–Trinajstić information content (AvgIpc) is 2.99. The smallest absolute Gasteiger partial charge is 0.271 e. The van der Waals surface area contributed by atoms with Crippen LogP contribution in [0.5, 0.6) is 0 Å². The number of rotatable bonds is 6. The van der Waals surface area contributed by atoms with Crippen molar-refractivity contribution in [3.8, 4) is 0 Å². The van der Waals surface area contributed by atoms with Crippen LogP contribution in [-0.2, 0) is 13.0 Å². The Morgan fingerprint density at radius 2 is 2.37 bits per heavy atom. The summed E-state index contributed by atoms with van der Waals surface area (Å²) < 4.78 is 2.57. The summed E-state index contributed by atoms with van der Waals surface area (Å²) in [7, 11) is 0. The predicted octanol–water partition coefficient (Wildman–Crippen LogP) is 1.53. The third kappa shape index (κ3) is 4.05. The molecule has 0 bridgehead atoms. The first-order valence-corrected chi connectivity index (χ1v) is 7.12. The van der Waals surface area contributed by atoms with Crippen molar-refractivity contribution in [2.45, 2.75) is 13.0 Å². The van der Waals surface area contributed by atoms with E-state index in [4.69, 9.17) is 17.3 Å². The molecular formula is C12H15ClN4OS. The number of nitrogens with two attached hydrogens (primary N) is 1. The lowest BCUT2D eigenvalue weighted by Gasteiger charge is -2.01. The lowest BCUT2D eigenvalue weighted by atomic mass is 10.3. The summed E-state index contributed by atoms with van der Waals surface area (Å²) in [5.41, 5.74) is 5.85. The molecule has 0 aliphatic heterocycles. The van der Waals surface area contributed by atoms with Gasteiger partial charge in [0.15, 0.2) is 0 Å². The van der Waals surface area contributed by atoms with E-state index in [0.29, 0.717) is 25.3 Å². The summed E-state index contributed by atoms with van der Waals surface area (Å²) in [6, 6.07) is 3.83. The molecule has 102 valence electrons. The van der Waals surface area contributed by atoms with Gasteiger partial charge in [0, 0.05) is 30.7 Å². The van der Waals surface area contributed by atoms with Crippen molar-refractivity contribution >= 4 is 28.8 Å². The molecule has 0 unspecified atom stereocenters. The van der Waals surface area contributed by atoms with Gasteiger partial charge in [0.25, 0.3) is 5.91 Å². The van der Waals surface area contributed by atoms with Crippen molar-refractivity contribution in [1.82, 2.24) is 14.9 Å². The van der Waals surface area contributed by atoms with Gasteiger partial charge in [0.05, 0.1) is 10.7 Å². The number of carbonyl (C=O) groups excluding carboxylic acids is 1. The monoisotopic (exact) mass is 298 g/mol. The largest absolute Gasteiger partial charge is 0.350 e.